The molecule has 19 heavy (non-hydrogen) atoms. The lowest BCUT2D eigenvalue weighted by molar-refractivity contribution is -0.124. The molecule has 0 saturated heterocycles. The van der Waals surface area contributed by atoms with Crippen molar-refractivity contribution in [3.05, 3.63) is 29.8 Å². The van der Waals surface area contributed by atoms with Crippen LogP contribution in [-0.2, 0) is 11.3 Å². The molecule has 106 valence electrons. The highest BCUT2D eigenvalue weighted by Gasteiger charge is 2.18. The summed E-state index contributed by atoms with van der Waals surface area (Å²) in [6.07, 6.45) is 0. The third-order valence-corrected chi connectivity index (χ3v) is 2.66. The fourth-order valence-corrected chi connectivity index (χ4v) is 1.58. The Bertz CT molecular complexity index is 407. The molecular weight excluding hydrogens is 240 g/mol. The van der Waals surface area contributed by atoms with Crippen molar-refractivity contribution in [1.82, 2.24) is 10.6 Å². The molecule has 1 unspecified atom stereocenters. The van der Waals surface area contributed by atoms with Crippen LogP contribution in [-0.4, -0.2) is 24.6 Å². The van der Waals surface area contributed by atoms with Gasteiger partial charge >= 0.3 is 0 Å². The van der Waals surface area contributed by atoms with Gasteiger partial charge in [0.05, 0.1) is 13.2 Å². The van der Waals surface area contributed by atoms with Gasteiger partial charge in [0, 0.05) is 12.1 Å². The van der Waals surface area contributed by atoms with E-state index in [-0.39, 0.29) is 17.5 Å². The number of carbonyl (C=O) groups is 1. The van der Waals surface area contributed by atoms with E-state index in [4.69, 9.17) is 4.74 Å². The number of hydrogen-bond donors (Lipinski definition) is 2. The zero-order valence-electron chi connectivity index (χ0n) is 12.4. The summed E-state index contributed by atoms with van der Waals surface area (Å²) in [5, 5.41) is 6.16. The SMILES string of the molecule is COc1ccc(CNC(C)C(=O)NC(C)(C)C)cc1. The van der Waals surface area contributed by atoms with Crippen LogP contribution in [0, 0.1) is 0 Å². The summed E-state index contributed by atoms with van der Waals surface area (Å²) in [7, 11) is 1.65. The van der Waals surface area contributed by atoms with Gasteiger partial charge in [0.2, 0.25) is 5.91 Å². The van der Waals surface area contributed by atoms with Gasteiger partial charge < -0.3 is 15.4 Å². The van der Waals surface area contributed by atoms with E-state index < -0.39 is 0 Å². The van der Waals surface area contributed by atoms with Crippen molar-refractivity contribution in [2.24, 2.45) is 0 Å². The molecule has 2 N–H and O–H groups in total. The van der Waals surface area contributed by atoms with Gasteiger partial charge in [-0.3, -0.25) is 4.79 Å². The van der Waals surface area contributed by atoms with Crippen molar-refractivity contribution < 1.29 is 9.53 Å². The monoisotopic (exact) mass is 264 g/mol. The van der Waals surface area contributed by atoms with E-state index in [0.29, 0.717) is 6.54 Å². The maximum Gasteiger partial charge on any atom is 0.237 e. The minimum atomic E-state index is -0.221. The molecule has 1 aromatic carbocycles. The van der Waals surface area contributed by atoms with Gasteiger partial charge in [0.1, 0.15) is 5.75 Å². The summed E-state index contributed by atoms with van der Waals surface area (Å²) in [6, 6.07) is 7.58. The maximum absolute atomic E-state index is 11.9. The number of carbonyl (C=O) groups excluding carboxylic acids is 1. The second-order valence-electron chi connectivity index (χ2n) is 5.69. The minimum absolute atomic E-state index is 0.0148. The van der Waals surface area contributed by atoms with E-state index in [1.165, 1.54) is 0 Å². The van der Waals surface area contributed by atoms with Crippen LogP contribution < -0.4 is 15.4 Å². The van der Waals surface area contributed by atoms with E-state index >= 15 is 0 Å². The number of amides is 1. The van der Waals surface area contributed by atoms with Crippen molar-refractivity contribution in [2.75, 3.05) is 7.11 Å². The summed E-state index contributed by atoms with van der Waals surface area (Å²) >= 11 is 0. The van der Waals surface area contributed by atoms with Crippen LogP contribution in [0.4, 0.5) is 0 Å². The van der Waals surface area contributed by atoms with Crippen LogP contribution in [0.15, 0.2) is 24.3 Å². The summed E-state index contributed by atoms with van der Waals surface area (Å²) < 4.78 is 5.10. The van der Waals surface area contributed by atoms with Crippen molar-refractivity contribution >= 4 is 5.91 Å². The van der Waals surface area contributed by atoms with Crippen LogP contribution in [0.1, 0.15) is 33.3 Å². The molecule has 1 aromatic rings. The minimum Gasteiger partial charge on any atom is -0.497 e. The highest BCUT2D eigenvalue weighted by molar-refractivity contribution is 5.81. The quantitative estimate of drug-likeness (QED) is 0.856. The Morgan fingerprint density at radius 2 is 1.84 bits per heavy atom. The first-order valence-corrected chi connectivity index (χ1v) is 6.50. The molecule has 0 aromatic heterocycles. The van der Waals surface area contributed by atoms with E-state index in [9.17, 15) is 4.79 Å². The molecule has 1 rings (SSSR count). The third-order valence-electron chi connectivity index (χ3n) is 2.66. The van der Waals surface area contributed by atoms with Crippen molar-refractivity contribution in [2.45, 2.75) is 45.8 Å². The standard InChI is InChI=1S/C15H24N2O2/c1-11(14(18)17-15(2,3)4)16-10-12-6-8-13(19-5)9-7-12/h6-9,11,16H,10H2,1-5H3,(H,17,18). The Kier molecular flexibility index (Phi) is 5.36. The molecule has 1 amide bonds. The number of ether oxygens (including phenoxy) is 1. The second kappa shape index (κ2) is 6.57. The molecule has 0 heterocycles. The van der Waals surface area contributed by atoms with Crippen LogP contribution in [0.2, 0.25) is 0 Å². The molecule has 0 aliphatic rings. The Morgan fingerprint density at radius 1 is 1.26 bits per heavy atom. The molecule has 4 heteroatoms. The number of hydrogen-bond acceptors (Lipinski definition) is 3. The molecule has 0 bridgehead atoms. The largest absolute Gasteiger partial charge is 0.497 e. The summed E-state index contributed by atoms with van der Waals surface area (Å²) in [5.41, 5.74) is 0.920. The van der Waals surface area contributed by atoms with E-state index in [1.54, 1.807) is 7.11 Å². The van der Waals surface area contributed by atoms with Crippen molar-refractivity contribution in [3.63, 3.8) is 0 Å². The lowest BCUT2D eigenvalue weighted by atomic mass is 10.1. The number of methoxy groups -OCH3 is 1. The van der Waals surface area contributed by atoms with E-state index in [2.05, 4.69) is 10.6 Å². The van der Waals surface area contributed by atoms with Crippen LogP contribution in [0.5, 0.6) is 5.75 Å². The Labute approximate surface area is 115 Å². The van der Waals surface area contributed by atoms with Gasteiger partial charge in [0.25, 0.3) is 0 Å². The maximum atomic E-state index is 11.9. The van der Waals surface area contributed by atoms with Crippen LogP contribution in [0.25, 0.3) is 0 Å². The lowest BCUT2D eigenvalue weighted by Gasteiger charge is -2.23. The first kappa shape index (κ1) is 15.5. The fraction of sp³-hybridized carbons (Fsp3) is 0.533. The van der Waals surface area contributed by atoms with Gasteiger partial charge in [-0.05, 0) is 45.4 Å². The van der Waals surface area contributed by atoms with Crippen LogP contribution >= 0.6 is 0 Å². The number of rotatable bonds is 5. The van der Waals surface area contributed by atoms with E-state index in [0.717, 1.165) is 11.3 Å². The molecule has 0 spiro atoms. The molecule has 0 aliphatic carbocycles. The average Bonchev–Trinajstić information content (AvgIpc) is 2.34. The van der Waals surface area contributed by atoms with Gasteiger partial charge in [-0.2, -0.15) is 0 Å². The molecule has 0 fully saturated rings. The Balaban J connectivity index is 2.44. The fourth-order valence-electron chi connectivity index (χ4n) is 1.58. The summed E-state index contributed by atoms with van der Waals surface area (Å²) in [5.74, 6) is 0.850. The Hall–Kier alpha value is -1.55. The van der Waals surface area contributed by atoms with Crippen molar-refractivity contribution in [1.29, 1.82) is 0 Å². The highest BCUT2D eigenvalue weighted by atomic mass is 16.5. The first-order valence-electron chi connectivity index (χ1n) is 6.50. The zero-order valence-corrected chi connectivity index (χ0v) is 12.4. The van der Waals surface area contributed by atoms with Gasteiger partial charge in [-0.25, -0.2) is 0 Å². The normalized spacial score (nSPS) is 12.9. The molecule has 0 aliphatic heterocycles. The average molecular weight is 264 g/mol. The molecule has 1 atom stereocenters. The predicted molar refractivity (Wildman–Crippen MR) is 77.2 cm³/mol. The Morgan fingerprint density at radius 3 is 2.32 bits per heavy atom. The second-order valence-corrected chi connectivity index (χ2v) is 5.69. The van der Waals surface area contributed by atoms with Crippen molar-refractivity contribution in [3.8, 4) is 5.75 Å². The molecule has 4 nitrogen and oxygen atoms in total. The first-order chi connectivity index (χ1) is 8.81. The van der Waals surface area contributed by atoms with Gasteiger partial charge in [-0.15, -0.1) is 0 Å². The third kappa shape index (κ3) is 5.75. The summed E-state index contributed by atoms with van der Waals surface area (Å²) in [6.45, 7) is 8.44. The highest BCUT2D eigenvalue weighted by Crippen LogP contribution is 2.11. The van der Waals surface area contributed by atoms with Crippen LogP contribution in [0.3, 0.4) is 0 Å². The van der Waals surface area contributed by atoms with Gasteiger partial charge in [0.15, 0.2) is 0 Å². The van der Waals surface area contributed by atoms with E-state index in [1.807, 2.05) is 52.0 Å². The smallest absolute Gasteiger partial charge is 0.237 e. The molecule has 0 radical (unpaired) electrons. The number of benzene rings is 1. The van der Waals surface area contributed by atoms with Gasteiger partial charge in [-0.1, -0.05) is 12.1 Å². The predicted octanol–water partition coefficient (Wildman–Crippen LogP) is 2.09. The molecular formula is C15H24N2O2. The topological polar surface area (TPSA) is 50.4 Å². The summed E-state index contributed by atoms with van der Waals surface area (Å²) in [4.78, 5) is 11.9. The zero-order chi connectivity index (χ0) is 14.5. The number of nitrogens with one attached hydrogen (secondary N) is 2. The lowest BCUT2D eigenvalue weighted by Crippen LogP contribution is -2.49. The molecule has 0 saturated carbocycles.